The molecule has 0 fully saturated rings. The van der Waals surface area contributed by atoms with Gasteiger partial charge in [0, 0.05) is 29.0 Å². The van der Waals surface area contributed by atoms with Crippen LogP contribution in [0.15, 0.2) is 42.6 Å². The minimum absolute atomic E-state index is 0.299. The Morgan fingerprint density at radius 3 is 2.35 bits per heavy atom. The number of pyridine rings is 3. The second-order valence-corrected chi connectivity index (χ2v) is 6.02. The van der Waals surface area contributed by atoms with Crippen molar-refractivity contribution in [3.05, 3.63) is 71.1 Å². The number of anilines is 1. The van der Waals surface area contributed by atoms with Crippen LogP contribution in [0.5, 0.6) is 0 Å². The lowest BCUT2D eigenvalue weighted by atomic mass is 10.0. The summed E-state index contributed by atoms with van der Waals surface area (Å²) in [7, 11) is 0. The third kappa shape index (κ3) is 3.90. The van der Waals surface area contributed by atoms with E-state index in [2.05, 4.69) is 26.3 Å². The molecule has 0 saturated carbocycles. The number of hydrogen-bond acceptors (Lipinski definition) is 5. The van der Waals surface area contributed by atoms with Crippen molar-refractivity contribution in [3.63, 3.8) is 0 Å². The van der Waals surface area contributed by atoms with Crippen molar-refractivity contribution in [2.24, 2.45) is 0 Å². The number of nitriles is 1. The van der Waals surface area contributed by atoms with E-state index in [0.717, 1.165) is 22.5 Å². The molecule has 0 aromatic carbocycles. The fourth-order valence-electron chi connectivity index (χ4n) is 2.66. The summed E-state index contributed by atoms with van der Waals surface area (Å²) in [4.78, 5) is 25.2. The van der Waals surface area contributed by atoms with Crippen LogP contribution in [0.2, 0.25) is 0 Å². The number of carbonyl (C=O) groups is 1. The van der Waals surface area contributed by atoms with Crippen LogP contribution in [0.25, 0.3) is 11.1 Å². The van der Waals surface area contributed by atoms with Gasteiger partial charge in [-0.15, -0.1) is 0 Å². The van der Waals surface area contributed by atoms with Crippen LogP contribution in [0.1, 0.15) is 33.3 Å². The Labute approximate surface area is 151 Å². The van der Waals surface area contributed by atoms with Gasteiger partial charge in [0.15, 0.2) is 0 Å². The van der Waals surface area contributed by atoms with Gasteiger partial charge in [0.05, 0.1) is 0 Å². The van der Waals surface area contributed by atoms with Crippen LogP contribution in [-0.2, 0) is 0 Å². The average Bonchev–Trinajstić information content (AvgIpc) is 2.60. The van der Waals surface area contributed by atoms with Gasteiger partial charge in [0.25, 0.3) is 5.91 Å². The molecule has 1 amide bonds. The number of aryl methyl sites for hydroxylation is 3. The molecule has 0 aliphatic carbocycles. The number of aromatic nitrogens is 3. The monoisotopic (exact) mass is 343 g/mol. The molecule has 0 saturated heterocycles. The van der Waals surface area contributed by atoms with Crippen molar-refractivity contribution >= 4 is 11.6 Å². The Hall–Kier alpha value is -3.59. The molecule has 0 unspecified atom stereocenters. The first-order valence-corrected chi connectivity index (χ1v) is 8.06. The lowest BCUT2D eigenvalue weighted by molar-refractivity contribution is 0.102. The summed E-state index contributed by atoms with van der Waals surface area (Å²) in [6.45, 7) is 5.52. The number of hydrogen-bond donors (Lipinski definition) is 1. The quantitative estimate of drug-likeness (QED) is 0.784. The van der Waals surface area contributed by atoms with Crippen molar-refractivity contribution in [3.8, 4) is 17.2 Å². The summed E-state index contributed by atoms with van der Waals surface area (Å²) in [6, 6.07) is 12.8. The molecule has 0 aliphatic rings. The van der Waals surface area contributed by atoms with Crippen molar-refractivity contribution in [2.45, 2.75) is 20.8 Å². The number of nitrogens with zero attached hydrogens (tertiary/aromatic N) is 4. The molecule has 6 nitrogen and oxygen atoms in total. The molecule has 0 radical (unpaired) electrons. The third-order valence-electron chi connectivity index (χ3n) is 3.74. The van der Waals surface area contributed by atoms with Gasteiger partial charge in [-0.25, -0.2) is 9.97 Å². The summed E-state index contributed by atoms with van der Waals surface area (Å²) >= 11 is 0. The Bertz CT molecular complexity index is 1040. The van der Waals surface area contributed by atoms with Crippen LogP contribution in [0.3, 0.4) is 0 Å². The van der Waals surface area contributed by atoms with Gasteiger partial charge in [-0.1, -0.05) is 0 Å². The molecule has 26 heavy (non-hydrogen) atoms. The van der Waals surface area contributed by atoms with Crippen LogP contribution in [0.4, 0.5) is 5.69 Å². The Kier molecular flexibility index (Phi) is 4.72. The van der Waals surface area contributed by atoms with E-state index in [1.165, 1.54) is 0 Å². The molecule has 1 N–H and O–H groups in total. The summed E-state index contributed by atoms with van der Waals surface area (Å²) in [5, 5.41) is 12.0. The SMILES string of the molecule is Cc1cc(NC(=O)c2cc(-c3cc(C)nc(C#N)c3)cc(C)n2)ccn1. The molecule has 128 valence electrons. The highest BCUT2D eigenvalue weighted by atomic mass is 16.1. The Morgan fingerprint density at radius 2 is 1.65 bits per heavy atom. The van der Waals surface area contributed by atoms with E-state index in [9.17, 15) is 4.79 Å². The first kappa shape index (κ1) is 17.2. The van der Waals surface area contributed by atoms with E-state index in [1.807, 2.05) is 32.9 Å². The van der Waals surface area contributed by atoms with Gasteiger partial charge < -0.3 is 5.32 Å². The Morgan fingerprint density at radius 1 is 0.962 bits per heavy atom. The third-order valence-corrected chi connectivity index (χ3v) is 3.74. The number of rotatable bonds is 3. The van der Waals surface area contributed by atoms with E-state index in [4.69, 9.17) is 5.26 Å². The van der Waals surface area contributed by atoms with Crippen LogP contribution in [-0.4, -0.2) is 20.9 Å². The second-order valence-electron chi connectivity index (χ2n) is 6.02. The summed E-state index contributed by atoms with van der Waals surface area (Å²) in [5.74, 6) is -0.299. The van der Waals surface area contributed by atoms with E-state index >= 15 is 0 Å². The van der Waals surface area contributed by atoms with Crippen LogP contribution >= 0.6 is 0 Å². The zero-order valence-electron chi connectivity index (χ0n) is 14.7. The summed E-state index contributed by atoms with van der Waals surface area (Å²) < 4.78 is 0. The van der Waals surface area contributed by atoms with Gasteiger partial charge in [0.2, 0.25) is 0 Å². The van der Waals surface area contributed by atoms with E-state index < -0.39 is 0 Å². The van der Waals surface area contributed by atoms with Gasteiger partial charge in [-0.3, -0.25) is 9.78 Å². The topological polar surface area (TPSA) is 91.6 Å². The molecule has 6 heteroatoms. The smallest absolute Gasteiger partial charge is 0.274 e. The Balaban J connectivity index is 1.96. The van der Waals surface area contributed by atoms with Crippen LogP contribution in [0, 0.1) is 32.1 Å². The lowest BCUT2D eigenvalue weighted by Gasteiger charge is -2.09. The molecule has 0 aliphatic heterocycles. The zero-order valence-corrected chi connectivity index (χ0v) is 14.7. The molecular weight excluding hydrogens is 326 g/mol. The highest BCUT2D eigenvalue weighted by molar-refractivity contribution is 6.03. The van der Waals surface area contributed by atoms with Crippen LogP contribution < -0.4 is 5.32 Å². The van der Waals surface area contributed by atoms with Crippen molar-refractivity contribution in [1.82, 2.24) is 15.0 Å². The molecule has 0 atom stereocenters. The molecule has 0 spiro atoms. The van der Waals surface area contributed by atoms with E-state index in [0.29, 0.717) is 22.8 Å². The van der Waals surface area contributed by atoms with Gasteiger partial charge >= 0.3 is 0 Å². The summed E-state index contributed by atoms with van der Waals surface area (Å²) in [5.41, 5.74) is 5.23. The van der Waals surface area contributed by atoms with Gasteiger partial charge in [0.1, 0.15) is 17.5 Å². The largest absolute Gasteiger partial charge is 0.321 e. The maximum Gasteiger partial charge on any atom is 0.274 e. The van der Waals surface area contributed by atoms with Gasteiger partial charge in [-0.2, -0.15) is 5.26 Å². The summed E-state index contributed by atoms with van der Waals surface area (Å²) in [6.07, 6.45) is 1.64. The molecule has 3 aromatic rings. The first-order chi connectivity index (χ1) is 12.4. The average molecular weight is 343 g/mol. The fourth-order valence-corrected chi connectivity index (χ4v) is 2.66. The normalized spacial score (nSPS) is 10.2. The molecule has 3 rings (SSSR count). The van der Waals surface area contributed by atoms with E-state index in [1.54, 1.807) is 30.5 Å². The highest BCUT2D eigenvalue weighted by Crippen LogP contribution is 2.23. The minimum atomic E-state index is -0.299. The second kappa shape index (κ2) is 7.11. The molecule has 3 aromatic heterocycles. The molecule has 0 bridgehead atoms. The predicted molar refractivity (Wildman–Crippen MR) is 98.6 cm³/mol. The van der Waals surface area contributed by atoms with Crippen molar-refractivity contribution in [2.75, 3.05) is 5.32 Å². The highest BCUT2D eigenvalue weighted by Gasteiger charge is 2.12. The fraction of sp³-hybridized carbons (Fsp3) is 0.150. The zero-order chi connectivity index (χ0) is 18.7. The number of nitrogens with one attached hydrogen (secondary N) is 1. The van der Waals surface area contributed by atoms with Gasteiger partial charge in [-0.05, 0) is 68.3 Å². The maximum atomic E-state index is 12.6. The number of amides is 1. The number of carbonyl (C=O) groups excluding carboxylic acids is 1. The maximum absolute atomic E-state index is 12.6. The minimum Gasteiger partial charge on any atom is -0.321 e. The van der Waals surface area contributed by atoms with E-state index in [-0.39, 0.29) is 5.91 Å². The molecular formula is C20H17N5O. The lowest BCUT2D eigenvalue weighted by Crippen LogP contribution is -2.14. The standard InChI is InChI=1S/C20H17N5O/c1-12-8-17(4-5-22-12)25-20(26)19-10-16(7-14(3)24-19)15-6-13(2)23-18(9-15)11-21/h4-10H,1-3H3,(H,22,25,26). The van der Waals surface area contributed by atoms with Crippen molar-refractivity contribution < 1.29 is 4.79 Å². The molecule has 3 heterocycles. The van der Waals surface area contributed by atoms with Crippen molar-refractivity contribution in [1.29, 1.82) is 5.26 Å². The predicted octanol–water partition coefficient (Wildman–Crippen LogP) is 3.59. The first-order valence-electron chi connectivity index (χ1n) is 8.06.